The summed E-state index contributed by atoms with van der Waals surface area (Å²) in [5.74, 6) is -0.238. The molecule has 11 nitrogen and oxygen atoms in total. The molecule has 2 aromatic heterocycles. The molecule has 118 valence electrons. The number of nitro groups is 2. The number of furan rings is 1. The van der Waals surface area contributed by atoms with E-state index < -0.39 is 32.7 Å². The summed E-state index contributed by atoms with van der Waals surface area (Å²) in [5.41, 5.74) is -3.09. The van der Waals surface area contributed by atoms with E-state index in [1.54, 1.807) is 4.98 Å². The van der Waals surface area contributed by atoms with Crippen LogP contribution in [0.4, 0.5) is 11.6 Å². The summed E-state index contributed by atoms with van der Waals surface area (Å²) in [6, 6.07) is 2.53. The zero-order chi connectivity index (χ0) is 17.0. The van der Waals surface area contributed by atoms with Crippen molar-refractivity contribution in [3.8, 4) is 0 Å². The highest BCUT2D eigenvalue weighted by molar-refractivity contribution is 5.59. The third kappa shape index (κ3) is 3.66. The monoisotopic (exact) mass is 320 g/mol. The van der Waals surface area contributed by atoms with Crippen molar-refractivity contribution in [2.24, 2.45) is 0 Å². The van der Waals surface area contributed by atoms with E-state index >= 15 is 0 Å². The minimum absolute atomic E-state index is 0.190. The summed E-state index contributed by atoms with van der Waals surface area (Å²) < 4.78 is 4.86. The van der Waals surface area contributed by atoms with Gasteiger partial charge in [-0.1, -0.05) is 12.2 Å². The Hall–Kier alpha value is -3.76. The van der Waals surface area contributed by atoms with Crippen molar-refractivity contribution in [1.82, 2.24) is 9.97 Å². The SMILES string of the molecule is O=c1[nH]c(/C=C/C=C/c2ccc([N+](=O)[O-])o2)c([N+](=O)[O-])c(=O)[nH]1. The summed E-state index contributed by atoms with van der Waals surface area (Å²) in [7, 11) is 0. The van der Waals surface area contributed by atoms with Crippen LogP contribution in [-0.4, -0.2) is 19.8 Å². The number of allylic oxidation sites excluding steroid dienone is 2. The van der Waals surface area contributed by atoms with Crippen LogP contribution in [0.15, 0.2) is 38.3 Å². The van der Waals surface area contributed by atoms with Gasteiger partial charge in [0.05, 0.1) is 11.0 Å². The molecule has 2 heterocycles. The van der Waals surface area contributed by atoms with E-state index in [0.29, 0.717) is 0 Å². The van der Waals surface area contributed by atoms with Crippen molar-refractivity contribution in [2.45, 2.75) is 0 Å². The normalized spacial score (nSPS) is 11.3. The molecule has 0 saturated carbocycles. The minimum atomic E-state index is -1.12. The standard InChI is InChI=1S/C12H8N4O7/c17-11-10(16(21)22)8(13-12(18)14-11)4-2-1-3-7-5-6-9(23-7)15(19)20/h1-6H,(H2,13,14,17,18)/b3-1+,4-2+. The highest BCUT2D eigenvalue weighted by Gasteiger charge is 2.18. The lowest BCUT2D eigenvalue weighted by Crippen LogP contribution is -2.25. The maximum absolute atomic E-state index is 11.4. The summed E-state index contributed by atoms with van der Waals surface area (Å²) >= 11 is 0. The Bertz CT molecular complexity index is 931. The fraction of sp³-hybridized carbons (Fsp3) is 0. The number of hydrogen-bond acceptors (Lipinski definition) is 7. The lowest BCUT2D eigenvalue weighted by atomic mass is 10.3. The molecule has 0 aliphatic heterocycles. The first kappa shape index (κ1) is 15.6. The quantitative estimate of drug-likeness (QED) is 0.474. The second kappa shape index (κ2) is 6.34. The lowest BCUT2D eigenvalue weighted by molar-refractivity contribution is -0.402. The van der Waals surface area contributed by atoms with Gasteiger partial charge in [0.2, 0.25) is 0 Å². The summed E-state index contributed by atoms with van der Waals surface area (Å²) in [6.45, 7) is 0. The van der Waals surface area contributed by atoms with Gasteiger partial charge in [0, 0.05) is 0 Å². The molecule has 0 aromatic carbocycles. The average Bonchev–Trinajstić information content (AvgIpc) is 2.91. The van der Waals surface area contributed by atoms with Crippen LogP contribution in [0.1, 0.15) is 11.5 Å². The first-order valence-electron chi connectivity index (χ1n) is 5.98. The van der Waals surface area contributed by atoms with Crippen molar-refractivity contribution in [2.75, 3.05) is 0 Å². The predicted octanol–water partition coefficient (Wildman–Crippen LogP) is 1.20. The van der Waals surface area contributed by atoms with Crippen molar-refractivity contribution in [3.63, 3.8) is 0 Å². The van der Waals surface area contributed by atoms with E-state index in [9.17, 15) is 29.8 Å². The Balaban J connectivity index is 2.25. The van der Waals surface area contributed by atoms with E-state index in [4.69, 9.17) is 4.42 Å². The molecule has 0 amide bonds. The molecule has 11 heteroatoms. The van der Waals surface area contributed by atoms with Crippen LogP contribution in [0, 0.1) is 20.2 Å². The molecule has 2 rings (SSSR count). The zero-order valence-corrected chi connectivity index (χ0v) is 11.2. The van der Waals surface area contributed by atoms with Gasteiger partial charge in [0.25, 0.3) is 0 Å². The number of hydrogen-bond donors (Lipinski definition) is 2. The molecule has 0 bridgehead atoms. The molecule has 0 aliphatic rings. The van der Waals surface area contributed by atoms with E-state index in [-0.39, 0.29) is 11.5 Å². The van der Waals surface area contributed by atoms with Crippen molar-refractivity contribution >= 4 is 23.7 Å². The van der Waals surface area contributed by atoms with Gasteiger partial charge in [0.15, 0.2) is 0 Å². The van der Waals surface area contributed by atoms with Crippen LogP contribution in [0.3, 0.4) is 0 Å². The van der Waals surface area contributed by atoms with E-state index in [0.717, 1.165) is 6.08 Å². The van der Waals surface area contributed by atoms with E-state index in [1.165, 1.54) is 30.4 Å². The van der Waals surface area contributed by atoms with Crippen LogP contribution in [-0.2, 0) is 0 Å². The number of rotatable bonds is 5. The fourth-order valence-electron chi connectivity index (χ4n) is 1.63. The second-order valence-electron chi connectivity index (χ2n) is 4.08. The van der Waals surface area contributed by atoms with Crippen LogP contribution in [0.5, 0.6) is 0 Å². The Labute approximate surface area is 125 Å². The second-order valence-corrected chi connectivity index (χ2v) is 4.08. The van der Waals surface area contributed by atoms with Gasteiger partial charge in [-0.25, -0.2) is 4.79 Å². The Morgan fingerprint density at radius 3 is 2.30 bits per heavy atom. The van der Waals surface area contributed by atoms with E-state index in [1.807, 2.05) is 0 Å². The molecule has 23 heavy (non-hydrogen) atoms. The van der Waals surface area contributed by atoms with Crippen molar-refractivity contribution in [3.05, 3.63) is 76.8 Å². The molecule has 0 radical (unpaired) electrons. The maximum atomic E-state index is 11.4. The fourth-order valence-corrected chi connectivity index (χ4v) is 1.63. The smallest absolute Gasteiger partial charge is 0.401 e. The molecule has 2 N–H and O–H groups in total. The molecular weight excluding hydrogens is 312 g/mol. The van der Waals surface area contributed by atoms with Gasteiger partial charge in [-0.2, -0.15) is 0 Å². The zero-order valence-electron chi connectivity index (χ0n) is 11.2. The van der Waals surface area contributed by atoms with Crippen molar-refractivity contribution < 1.29 is 14.3 Å². The van der Waals surface area contributed by atoms with Gasteiger partial charge in [-0.3, -0.25) is 30.0 Å². The minimum Gasteiger partial charge on any atom is -0.401 e. The van der Waals surface area contributed by atoms with Crippen LogP contribution >= 0.6 is 0 Å². The Morgan fingerprint density at radius 2 is 1.70 bits per heavy atom. The summed E-state index contributed by atoms with van der Waals surface area (Å²) in [4.78, 5) is 46.0. The van der Waals surface area contributed by atoms with Crippen molar-refractivity contribution in [1.29, 1.82) is 0 Å². The predicted molar refractivity (Wildman–Crippen MR) is 77.8 cm³/mol. The molecule has 0 atom stereocenters. The number of aromatic amines is 2. The van der Waals surface area contributed by atoms with Crippen LogP contribution in [0.25, 0.3) is 12.2 Å². The van der Waals surface area contributed by atoms with Gasteiger partial charge in [-0.05, 0) is 18.2 Å². The first-order valence-corrected chi connectivity index (χ1v) is 5.98. The van der Waals surface area contributed by atoms with Crippen LogP contribution in [0.2, 0.25) is 0 Å². The average molecular weight is 320 g/mol. The molecule has 0 spiro atoms. The van der Waals surface area contributed by atoms with Gasteiger partial charge >= 0.3 is 22.8 Å². The molecule has 0 fully saturated rings. The molecular formula is C12H8N4O7. The summed E-state index contributed by atoms with van der Waals surface area (Å²) in [5, 5.41) is 21.2. The van der Waals surface area contributed by atoms with Gasteiger partial charge in [0.1, 0.15) is 16.4 Å². The van der Waals surface area contributed by atoms with Crippen LogP contribution < -0.4 is 11.2 Å². The topological polar surface area (TPSA) is 165 Å². The highest BCUT2D eigenvalue weighted by Crippen LogP contribution is 2.16. The number of H-pyrrole nitrogens is 2. The molecule has 0 unspecified atom stereocenters. The van der Waals surface area contributed by atoms with Gasteiger partial charge in [-0.15, -0.1) is 0 Å². The first-order chi connectivity index (χ1) is 10.9. The number of nitrogens with one attached hydrogen (secondary N) is 2. The molecule has 2 aromatic rings. The third-order valence-corrected chi connectivity index (χ3v) is 2.56. The highest BCUT2D eigenvalue weighted by atomic mass is 16.6. The molecule has 0 aliphatic carbocycles. The summed E-state index contributed by atoms with van der Waals surface area (Å²) in [6.07, 6.45) is 5.17. The number of nitrogens with zero attached hydrogens (tertiary/aromatic N) is 2. The third-order valence-electron chi connectivity index (χ3n) is 2.56. The largest absolute Gasteiger partial charge is 0.433 e. The lowest BCUT2D eigenvalue weighted by Gasteiger charge is -1.94. The van der Waals surface area contributed by atoms with E-state index in [2.05, 4.69) is 4.98 Å². The Kier molecular flexibility index (Phi) is 4.31. The molecule has 0 saturated heterocycles. The Morgan fingerprint density at radius 1 is 1.00 bits per heavy atom. The number of aromatic nitrogens is 2. The maximum Gasteiger partial charge on any atom is 0.433 e. The van der Waals surface area contributed by atoms with Gasteiger partial charge < -0.3 is 9.40 Å².